The number of carbonyl (C=O) groups excluding carboxylic acids is 2. The Labute approximate surface area is 99.9 Å². The summed E-state index contributed by atoms with van der Waals surface area (Å²) >= 11 is 0. The molecule has 0 spiro atoms. The van der Waals surface area contributed by atoms with Crippen LogP contribution in [0.25, 0.3) is 0 Å². The zero-order valence-electron chi connectivity index (χ0n) is 9.88. The monoisotopic (exact) mass is 233 g/mol. The van der Waals surface area contributed by atoms with Crippen molar-refractivity contribution in [3.8, 4) is 0 Å². The van der Waals surface area contributed by atoms with E-state index >= 15 is 0 Å². The fraction of sp³-hybridized carbons (Fsp3) is 0.385. The molecule has 0 aromatic heterocycles. The predicted molar refractivity (Wildman–Crippen MR) is 63.3 cm³/mol. The molecule has 17 heavy (non-hydrogen) atoms. The number of nitrogens with zero attached hydrogens (tertiary/aromatic N) is 1. The minimum absolute atomic E-state index is 0.0667. The first-order valence-corrected chi connectivity index (χ1v) is 5.55. The second kappa shape index (κ2) is 3.96. The van der Waals surface area contributed by atoms with Crippen LogP contribution in [0.1, 0.15) is 20.3 Å². The second-order valence-corrected chi connectivity index (χ2v) is 4.81. The Bertz CT molecular complexity index is 447. The van der Waals surface area contributed by atoms with E-state index in [0.717, 1.165) is 4.90 Å². The Balaban J connectivity index is 2.33. The molecule has 1 aliphatic heterocycles. The van der Waals surface area contributed by atoms with E-state index in [1.165, 1.54) is 0 Å². The molecule has 1 fully saturated rings. The average Bonchev–Trinajstić information content (AvgIpc) is 2.55. The highest BCUT2D eigenvalue weighted by atomic mass is 16.3. The summed E-state index contributed by atoms with van der Waals surface area (Å²) in [5.74, 6) is -1.24. The molecule has 1 saturated heterocycles. The molecule has 4 nitrogen and oxygen atoms in total. The smallest absolute Gasteiger partial charge is 0.240 e. The summed E-state index contributed by atoms with van der Waals surface area (Å²) < 4.78 is 0. The number of amides is 2. The fourth-order valence-corrected chi connectivity index (χ4v) is 2.03. The number of para-hydroxylation sites is 1. The number of rotatable bonds is 2. The number of aliphatic hydroxyl groups is 1. The summed E-state index contributed by atoms with van der Waals surface area (Å²) in [4.78, 5) is 25.1. The van der Waals surface area contributed by atoms with Crippen LogP contribution in [0.2, 0.25) is 0 Å². The summed E-state index contributed by atoms with van der Waals surface area (Å²) in [6, 6.07) is 8.79. The van der Waals surface area contributed by atoms with Crippen molar-refractivity contribution >= 4 is 17.5 Å². The minimum atomic E-state index is -1.17. The summed E-state index contributed by atoms with van der Waals surface area (Å²) in [5, 5.41) is 9.87. The maximum Gasteiger partial charge on any atom is 0.240 e. The standard InChI is InChI=1S/C13H15NO3/c1-13(2,17)10-8-11(15)14(12(10)16)9-6-4-3-5-7-9/h3-7,10,17H,8H2,1-2H3. The van der Waals surface area contributed by atoms with Gasteiger partial charge in [-0.2, -0.15) is 0 Å². The third-order valence-corrected chi connectivity index (χ3v) is 3.01. The third-order valence-electron chi connectivity index (χ3n) is 3.01. The summed E-state index contributed by atoms with van der Waals surface area (Å²) in [5.41, 5.74) is -0.606. The van der Waals surface area contributed by atoms with Gasteiger partial charge in [-0.05, 0) is 26.0 Å². The van der Waals surface area contributed by atoms with Crippen molar-refractivity contribution in [2.75, 3.05) is 4.90 Å². The molecule has 2 amide bonds. The lowest BCUT2D eigenvalue weighted by atomic mass is 9.90. The van der Waals surface area contributed by atoms with Crippen LogP contribution in [0.3, 0.4) is 0 Å². The maximum absolute atomic E-state index is 12.1. The minimum Gasteiger partial charge on any atom is -0.390 e. The molecule has 1 aliphatic rings. The van der Waals surface area contributed by atoms with Crippen molar-refractivity contribution in [3.05, 3.63) is 30.3 Å². The van der Waals surface area contributed by atoms with E-state index < -0.39 is 11.5 Å². The van der Waals surface area contributed by atoms with Crippen LogP contribution in [0, 0.1) is 5.92 Å². The average molecular weight is 233 g/mol. The zero-order valence-corrected chi connectivity index (χ0v) is 9.88. The molecule has 1 heterocycles. The van der Waals surface area contributed by atoms with Crippen molar-refractivity contribution in [2.45, 2.75) is 25.9 Å². The number of hydrogen-bond donors (Lipinski definition) is 1. The lowest BCUT2D eigenvalue weighted by molar-refractivity contribution is -0.126. The Morgan fingerprint density at radius 2 is 1.82 bits per heavy atom. The van der Waals surface area contributed by atoms with Gasteiger partial charge in [0.1, 0.15) is 0 Å². The summed E-state index contributed by atoms with van der Waals surface area (Å²) in [6.45, 7) is 3.11. The number of anilines is 1. The van der Waals surface area contributed by atoms with Crippen LogP contribution >= 0.6 is 0 Å². The quantitative estimate of drug-likeness (QED) is 0.784. The van der Waals surface area contributed by atoms with Gasteiger partial charge in [-0.25, -0.2) is 0 Å². The maximum atomic E-state index is 12.1. The summed E-state index contributed by atoms with van der Waals surface area (Å²) in [6.07, 6.45) is 0.0667. The van der Waals surface area contributed by atoms with E-state index in [9.17, 15) is 14.7 Å². The summed E-state index contributed by atoms with van der Waals surface area (Å²) in [7, 11) is 0. The number of benzene rings is 1. The molecule has 2 rings (SSSR count). The molecule has 1 aromatic carbocycles. The lowest BCUT2D eigenvalue weighted by Crippen LogP contribution is -2.38. The molecule has 0 aliphatic carbocycles. The predicted octanol–water partition coefficient (Wildman–Crippen LogP) is 1.34. The number of hydrogen-bond acceptors (Lipinski definition) is 3. The van der Waals surface area contributed by atoms with Crippen molar-refractivity contribution in [2.24, 2.45) is 5.92 Å². The van der Waals surface area contributed by atoms with Gasteiger partial charge >= 0.3 is 0 Å². The van der Waals surface area contributed by atoms with Gasteiger partial charge in [-0.1, -0.05) is 18.2 Å². The molecule has 0 radical (unpaired) electrons. The van der Waals surface area contributed by atoms with E-state index in [2.05, 4.69) is 0 Å². The van der Waals surface area contributed by atoms with Crippen molar-refractivity contribution in [1.82, 2.24) is 0 Å². The van der Waals surface area contributed by atoms with Gasteiger partial charge in [-0.3, -0.25) is 14.5 Å². The van der Waals surface area contributed by atoms with E-state index in [-0.39, 0.29) is 18.2 Å². The van der Waals surface area contributed by atoms with Gasteiger partial charge in [0.15, 0.2) is 0 Å². The second-order valence-electron chi connectivity index (χ2n) is 4.81. The van der Waals surface area contributed by atoms with Gasteiger partial charge in [0.25, 0.3) is 0 Å². The Morgan fingerprint density at radius 1 is 1.24 bits per heavy atom. The van der Waals surface area contributed by atoms with Crippen LogP contribution in [0.4, 0.5) is 5.69 Å². The molecule has 1 unspecified atom stereocenters. The highest BCUT2D eigenvalue weighted by Gasteiger charge is 2.46. The van der Waals surface area contributed by atoms with Gasteiger partial charge in [0.05, 0.1) is 17.2 Å². The molecule has 90 valence electrons. The van der Waals surface area contributed by atoms with E-state index in [0.29, 0.717) is 5.69 Å². The lowest BCUT2D eigenvalue weighted by Gasteiger charge is -2.23. The van der Waals surface area contributed by atoms with Crippen LogP contribution in [-0.2, 0) is 9.59 Å². The van der Waals surface area contributed by atoms with E-state index in [1.807, 2.05) is 6.07 Å². The number of carbonyl (C=O) groups is 2. The molecule has 4 heteroatoms. The largest absolute Gasteiger partial charge is 0.390 e. The van der Waals surface area contributed by atoms with Crippen molar-refractivity contribution in [1.29, 1.82) is 0 Å². The normalized spacial score (nSPS) is 21.1. The first kappa shape index (κ1) is 11.8. The third kappa shape index (κ3) is 2.08. The molecule has 1 atom stereocenters. The fourth-order valence-electron chi connectivity index (χ4n) is 2.03. The molecule has 0 bridgehead atoms. The first-order chi connectivity index (χ1) is 7.91. The van der Waals surface area contributed by atoms with Crippen LogP contribution < -0.4 is 4.90 Å². The topological polar surface area (TPSA) is 57.6 Å². The van der Waals surface area contributed by atoms with Crippen LogP contribution in [-0.4, -0.2) is 22.5 Å². The van der Waals surface area contributed by atoms with Gasteiger partial charge in [0, 0.05) is 6.42 Å². The van der Waals surface area contributed by atoms with Gasteiger partial charge in [0.2, 0.25) is 11.8 Å². The first-order valence-electron chi connectivity index (χ1n) is 5.55. The molecule has 1 N–H and O–H groups in total. The van der Waals surface area contributed by atoms with Crippen LogP contribution in [0.5, 0.6) is 0 Å². The molecular formula is C13H15NO3. The zero-order chi connectivity index (χ0) is 12.6. The van der Waals surface area contributed by atoms with Crippen molar-refractivity contribution in [3.63, 3.8) is 0 Å². The van der Waals surface area contributed by atoms with Gasteiger partial charge in [-0.15, -0.1) is 0 Å². The van der Waals surface area contributed by atoms with Crippen LogP contribution in [0.15, 0.2) is 30.3 Å². The number of imide groups is 1. The molecular weight excluding hydrogens is 218 g/mol. The van der Waals surface area contributed by atoms with E-state index in [4.69, 9.17) is 0 Å². The highest BCUT2D eigenvalue weighted by Crippen LogP contribution is 2.32. The van der Waals surface area contributed by atoms with Gasteiger partial charge < -0.3 is 5.11 Å². The Hall–Kier alpha value is -1.68. The Morgan fingerprint density at radius 3 is 2.29 bits per heavy atom. The molecule has 1 aromatic rings. The SMILES string of the molecule is CC(C)(O)C1CC(=O)N(c2ccccc2)C1=O. The van der Waals surface area contributed by atoms with E-state index in [1.54, 1.807) is 38.1 Å². The Kier molecular flexibility index (Phi) is 2.75. The molecule has 0 saturated carbocycles. The van der Waals surface area contributed by atoms with Crippen molar-refractivity contribution < 1.29 is 14.7 Å². The highest BCUT2D eigenvalue weighted by molar-refractivity contribution is 6.21.